The van der Waals surface area contributed by atoms with Crippen LogP contribution in [0.4, 0.5) is 10.1 Å². The SMILES string of the molecule is CC1C(Br)CCCN1c1ccncc1F. The van der Waals surface area contributed by atoms with Crippen molar-refractivity contribution in [3.8, 4) is 0 Å². The number of nitrogens with zero attached hydrogens (tertiary/aromatic N) is 2. The van der Waals surface area contributed by atoms with E-state index < -0.39 is 0 Å². The van der Waals surface area contributed by atoms with Gasteiger partial charge in [-0.15, -0.1) is 0 Å². The van der Waals surface area contributed by atoms with Crippen LogP contribution in [0.3, 0.4) is 0 Å². The molecule has 0 N–H and O–H groups in total. The zero-order valence-electron chi connectivity index (χ0n) is 8.66. The average Bonchev–Trinajstić information content (AvgIpc) is 2.23. The Balaban J connectivity index is 2.26. The van der Waals surface area contributed by atoms with Crippen LogP contribution in [0.1, 0.15) is 19.8 Å². The van der Waals surface area contributed by atoms with Crippen LogP contribution in [0, 0.1) is 5.82 Å². The lowest BCUT2D eigenvalue weighted by Gasteiger charge is -2.38. The van der Waals surface area contributed by atoms with Gasteiger partial charge < -0.3 is 4.90 Å². The predicted octanol–water partition coefficient (Wildman–Crippen LogP) is 2.97. The standard InChI is InChI=1S/C11H14BrFN2/c1-8-9(12)3-2-6-15(8)11-4-5-14-7-10(11)13/h4-5,7-9H,2-3,6H2,1H3. The Morgan fingerprint density at radius 3 is 3.13 bits per heavy atom. The molecular formula is C11H14BrFN2. The largest absolute Gasteiger partial charge is 0.365 e. The van der Waals surface area contributed by atoms with E-state index in [0.717, 1.165) is 19.4 Å². The number of hydrogen-bond donors (Lipinski definition) is 0. The summed E-state index contributed by atoms with van der Waals surface area (Å²) in [6.45, 7) is 3.04. The lowest BCUT2D eigenvalue weighted by Crippen LogP contribution is -2.44. The first-order valence-corrected chi connectivity index (χ1v) is 6.12. The monoisotopic (exact) mass is 272 g/mol. The summed E-state index contributed by atoms with van der Waals surface area (Å²) in [5, 5.41) is 0. The molecule has 1 aromatic rings. The normalized spacial score (nSPS) is 26.7. The molecule has 1 aromatic heterocycles. The molecule has 1 saturated heterocycles. The van der Waals surface area contributed by atoms with Crippen molar-refractivity contribution in [2.45, 2.75) is 30.6 Å². The van der Waals surface area contributed by atoms with E-state index in [1.807, 2.05) is 0 Å². The highest BCUT2D eigenvalue weighted by atomic mass is 79.9. The zero-order chi connectivity index (χ0) is 10.8. The van der Waals surface area contributed by atoms with Crippen LogP contribution >= 0.6 is 15.9 Å². The Hall–Kier alpha value is -0.640. The van der Waals surface area contributed by atoms with Gasteiger partial charge in [0.1, 0.15) is 0 Å². The van der Waals surface area contributed by atoms with Crippen LogP contribution < -0.4 is 4.90 Å². The molecule has 0 spiro atoms. The molecule has 0 radical (unpaired) electrons. The lowest BCUT2D eigenvalue weighted by atomic mass is 10.0. The van der Waals surface area contributed by atoms with E-state index in [9.17, 15) is 4.39 Å². The molecule has 1 aliphatic heterocycles. The van der Waals surface area contributed by atoms with Crippen LogP contribution in [0.15, 0.2) is 18.5 Å². The molecule has 0 aliphatic carbocycles. The molecule has 1 aliphatic rings. The minimum absolute atomic E-state index is 0.231. The van der Waals surface area contributed by atoms with Crippen molar-refractivity contribution in [1.82, 2.24) is 4.98 Å². The Kier molecular flexibility index (Phi) is 3.24. The summed E-state index contributed by atoms with van der Waals surface area (Å²) in [5.74, 6) is -0.231. The summed E-state index contributed by atoms with van der Waals surface area (Å²) in [6, 6.07) is 2.08. The zero-order valence-corrected chi connectivity index (χ0v) is 10.2. The minimum atomic E-state index is -0.231. The van der Waals surface area contributed by atoms with Gasteiger partial charge in [0.05, 0.1) is 11.9 Å². The van der Waals surface area contributed by atoms with Gasteiger partial charge >= 0.3 is 0 Å². The minimum Gasteiger partial charge on any atom is -0.365 e. The molecule has 0 aromatic carbocycles. The molecular weight excluding hydrogens is 259 g/mol. The molecule has 0 amide bonds. The fourth-order valence-electron chi connectivity index (χ4n) is 2.04. The van der Waals surface area contributed by atoms with Gasteiger partial charge in [0.15, 0.2) is 5.82 Å². The first-order valence-electron chi connectivity index (χ1n) is 5.20. The van der Waals surface area contributed by atoms with Crippen LogP contribution in [-0.4, -0.2) is 22.4 Å². The molecule has 2 rings (SSSR count). The molecule has 15 heavy (non-hydrogen) atoms. The number of hydrogen-bond acceptors (Lipinski definition) is 2. The Morgan fingerprint density at radius 1 is 1.60 bits per heavy atom. The highest BCUT2D eigenvalue weighted by Gasteiger charge is 2.27. The number of piperidine rings is 1. The smallest absolute Gasteiger partial charge is 0.164 e. The third-order valence-corrected chi connectivity index (χ3v) is 4.18. The van der Waals surface area contributed by atoms with Crippen LogP contribution in [0.5, 0.6) is 0 Å². The quantitative estimate of drug-likeness (QED) is 0.731. The van der Waals surface area contributed by atoms with E-state index >= 15 is 0 Å². The first-order chi connectivity index (χ1) is 7.20. The Labute approximate surface area is 97.6 Å². The van der Waals surface area contributed by atoms with Crippen molar-refractivity contribution in [2.24, 2.45) is 0 Å². The van der Waals surface area contributed by atoms with E-state index in [2.05, 4.69) is 32.7 Å². The molecule has 0 bridgehead atoms. The number of aromatic nitrogens is 1. The highest BCUT2D eigenvalue weighted by Crippen LogP contribution is 2.29. The van der Waals surface area contributed by atoms with Crippen molar-refractivity contribution in [2.75, 3.05) is 11.4 Å². The average molecular weight is 273 g/mol. The molecule has 82 valence electrons. The fourth-order valence-corrected chi connectivity index (χ4v) is 2.65. The van der Waals surface area contributed by atoms with Gasteiger partial charge in [-0.2, -0.15) is 0 Å². The topological polar surface area (TPSA) is 16.1 Å². The van der Waals surface area contributed by atoms with Crippen LogP contribution in [-0.2, 0) is 0 Å². The van der Waals surface area contributed by atoms with Crippen LogP contribution in [0.25, 0.3) is 0 Å². The molecule has 1 fully saturated rings. The molecule has 2 unspecified atom stereocenters. The second kappa shape index (κ2) is 4.47. The Morgan fingerprint density at radius 2 is 2.40 bits per heavy atom. The number of rotatable bonds is 1. The highest BCUT2D eigenvalue weighted by molar-refractivity contribution is 9.09. The van der Waals surface area contributed by atoms with Crippen molar-refractivity contribution in [1.29, 1.82) is 0 Å². The first kappa shape index (κ1) is 10.9. The molecule has 2 nitrogen and oxygen atoms in total. The van der Waals surface area contributed by atoms with Crippen molar-refractivity contribution < 1.29 is 4.39 Å². The maximum absolute atomic E-state index is 13.6. The van der Waals surface area contributed by atoms with Crippen LogP contribution in [0.2, 0.25) is 0 Å². The molecule has 0 saturated carbocycles. The lowest BCUT2D eigenvalue weighted by molar-refractivity contribution is 0.491. The number of halogens is 2. The van der Waals surface area contributed by atoms with E-state index in [0.29, 0.717) is 16.6 Å². The van der Waals surface area contributed by atoms with Gasteiger partial charge in [0.2, 0.25) is 0 Å². The van der Waals surface area contributed by atoms with E-state index in [1.54, 1.807) is 12.3 Å². The summed E-state index contributed by atoms with van der Waals surface area (Å²) >= 11 is 3.64. The summed E-state index contributed by atoms with van der Waals surface area (Å²) in [7, 11) is 0. The van der Waals surface area contributed by atoms with Crippen molar-refractivity contribution in [3.63, 3.8) is 0 Å². The van der Waals surface area contributed by atoms with Crippen molar-refractivity contribution >= 4 is 21.6 Å². The summed E-state index contributed by atoms with van der Waals surface area (Å²) in [4.78, 5) is 6.32. The predicted molar refractivity (Wildman–Crippen MR) is 63.0 cm³/mol. The van der Waals surface area contributed by atoms with Gasteiger partial charge in [0, 0.05) is 23.6 Å². The van der Waals surface area contributed by atoms with Gasteiger partial charge in [-0.25, -0.2) is 4.39 Å². The summed E-state index contributed by atoms with van der Waals surface area (Å²) in [6.07, 6.45) is 5.18. The summed E-state index contributed by atoms with van der Waals surface area (Å²) in [5.41, 5.74) is 0.668. The maximum atomic E-state index is 13.6. The molecule has 2 atom stereocenters. The molecule has 4 heteroatoms. The fraction of sp³-hybridized carbons (Fsp3) is 0.545. The van der Waals surface area contributed by atoms with E-state index in [4.69, 9.17) is 0 Å². The third-order valence-electron chi connectivity index (χ3n) is 2.95. The number of pyridine rings is 1. The molecule has 2 heterocycles. The van der Waals surface area contributed by atoms with Gasteiger partial charge in [-0.3, -0.25) is 4.98 Å². The van der Waals surface area contributed by atoms with Crippen molar-refractivity contribution in [3.05, 3.63) is 24.3 Å². The van der Waals surface area contributed by atoms with E-state index in [-0.39, 0.29) is 5.82 Å². The second-order valence-corrected chi connectivity index (χ2v) is 5.10. The van der Waals surface area contributed by atoms with Gasteiger partial charge in [-0.05, 0) is 25.8 Å². The van der Waals surface area contributed by atoms with E-state index in [1.165, 1.54) is 6.20 Å². The Bertz CT molecular complexity index is 345. The summed E-state index contributed by atoms with van der Waals surface area (Å²) < 4.78 is 13.6. The number of alkyl halides is 1. The third kappa shape index (κ3) is 2.14. The van der Waals surface area contributed by atoms with Gasteiger partial charge in [-0.1, -0.05) is 15.9 Å². The number of anilines is 1. The maximum Gasteiger partial charge on any atom is 0.164 e. The second-order valence-electron chi connectivity index (χ2n) is 3.92. The van der Waals surface area contributed by atoms with Gasteiger partial charge in [0.25, 0.3) is 0 Å².